The highest BCUT2D eigenvalue weighted by molar-refractivity contribution is 8.04. The molecule has 0 atom stereocenters. The molecule has 0 fully saturated rings. The van der Waals surface area contributed by atoms with Gasteiger partial charge in [0.1, 0.15) is 13.2 Å². The minimum atomic E-state index is -4.68. The summed E-state index contributed by atoms with van der Waals surface area (Å²) in [5.41, 5.74) is 1.57. The van der Waals surface area contributed by atoms with Crippen LogP contribution in [0.25, 0.3) is 0 Å². The molecule has 2 aromatic carbocycles. The number of ether oxygens (including phenoxy) is 1. The van der Waals surface area contributed by atoms with Crippen molar-refractivity contribution < 1.29 is 36.6 Å². The summed E-state index contributed by atoms with van der Waals surface area (Å²) in [7, 11) is -9.37. The van der Waals surface area contributed by atoms with Gasteiger partial charge in [-0.2, -0.15) is 16.8 Å². The van der Waals surface area contributed by atoms with E-state index in [1.807, 2.05) is 0 Å². The molecule has 11 heteroatoms. The monoisotopic (exact) mass is 507 g/mol. The van der Waals surface area contributed by atoms with E-state index in [1.54, 1.807) is 13.8 Å². The van der Waals surface area contributed by atoms with Gasteiger partial charge in [0.05, 0.1) is 16.4 Å². The minimum absolute atomic E-state index is 0.178. The van der Waals surface area contributed by atoms with Gasteiger partial charge in [0.2, 0.25) is 0 Å². The van der Waals surface area contributed by atoms with E-state index >= 15 is 0 Å². The van der Waals surface area contributed by atoms with Crippen LogP contribution >= 0.6 is 0 Å². The Balaban J connectivity index is 0.000000620. The molecular formula is C23H25NO8S2. The van der Waals surface area contributed by atoms with Gasteiger partial charge in [-0.1, -0.05) is 50.9 Å². The quantitative estimate of drug-likeness (QED) is 0.585. The summed E-state index contributed by atoms with van der Waals surface area (Å²) >= 11 is 0. The van der Waals surface area contributed by atoms with Crippen LogP contribution in [0.5, 0.6) is 0 Å². The molecule has 182 valence electrons. The number of hydrogen-bond acceptors (Lipinski definition) is 8. The zero-order chi connectivity index (χ0) is 25.8. The standard InChI is InChI=1S/C17H19NO6S2.C6H6O2/c1-4-24-17(19)18(25(20,21)15-9-5-13(2)6-10-15)26(22,23)16-11-7-14(3)8-12-16;7-5-3-1-2-4-6-8/h5-12H,4H2,1-3H3;7-8H,5-6H2. The van der Waals surface area contributed by atoms with Crippen molar-refractivity contribution in [1.29, 1.82) is 0 Å². The van der Waals surface area contributed by atoms with Gasteiger partial charge in [-0.05, 0) is 56.9 Å². The van der Waals surface area contributed by atoms with Crippen molar-refractivity contribution in [2.24, 2.45) is 0 Å². The number of carbonyl (C=O) groups is 1. The second-order valence-electron chi connectivity index (χ2n) is 6.45. The number of aryl methyl sites for hydroxylation is 2. The van der Waals surface area contributed by atoms with Gasteiger partial charge in [-0.3, -0.25) is 0 Å². The molecule has 0 spiro atoms. The lowest BCUT2D eigenvalue weighted by molar-refractivity contribution is 0.145. The summed E-state index contributed by atoms with van der Waals surface area (Å²) in [6.07, 6.45) is -1.48. The number of sulfonamides is 2. The molecule has 0 heterocycles. The zero-order valence-electron chi connectivity index (χ0n) is 18.8. The molecule has 0 saturated carbocycles. The van der Waals surface area contributed by atoms with Crippen molar-refractivity contribution in [2.45, 2.75) is 30.6 Å². The Morgan fingerprint density at radius 3 is 1.44 bits per heavy atom. The van der Waals surface area contributed by atoms with Crippen molar-refractivity contribution >= 4 is 26.1 Å². The van der Waals surface area contributed by atoms with Crippen LogP contribution in [0.2, 0.25) is 0 Å². The maximum Gasteiger partial charge on any atom is 0.438 e. The van der Waals surface area contributed by atoms with E-state index in [0.717, 1.165) is 11.1 Å². The van der Waals surface area contributed by atoms with Crippen LogP contribution in [0.4, 0.5) is 4.79 Å². The Hall–Kier alpha value is -3.35. The fraction of sp³-hybridized carbons (Fsp3) is 0.261. The van der Waals surface area contributed by atoms with Crippen LogP contribution in [0.15, 0.2) is 58.3 Å². The Bertz CT molecular complexity index is 1200. The number of amides is 1. The minimum Gasteiger partial charge on any atom is -0.448 e. The molecule has 0 aromatic heterocycles. The molecule has 0 saturated heterocycles. The molecule has 0 aliphatic rings. The SMILES string of the molecule is CCOC(=O)N(S(=O)(=O)c1ccc(C)cc1)S(=O)(=O)c1ccc(C)cc1.OCC#CC#CCO. The molecule has 0 bridgehead atoms. The molecule has 0 unspecified atom stereocenters. The van der Waals surface area contributed by atoms with E-state index in [4.69, 9.17) is 14.9 Å². The van der Waals surface area contributed by atoms with Crippen LogP contribution in [-0.4, -0.2) is 56.7 Å². The van der Waals surface area contributed by atoms with Gasteiger partial charge in [-0.15, -0.1) is 0 Å². The fourth-order valence-electron chi connectivity index (χ4n) is 2.28. The Morgan fingerprint density at radius 2 is 1.15 bits per heavy atom. The fourth-order valence-corrected chi connectivity index (χ4v) is 5.67. The molecule has 0 radical (unpaired) electrons. The van der Waals surface area contributed by atoms with Crippen LogP contribution < -0.4 is 0 Å². The second-order valence-corrected chi connectivity index (χ2v) is 10.3. The lowest BCUT2D eigenvalue weighted by atomic mass is 10.2. The summed E-state index contributed by atoms with van der Waals surface area (Å²) in [4.78, 5) is 11.6. The highest BCUT2D eigenvalue weighted by Crippen LogP contribution is 2.26. The summed E-state index contributed by atoms with van der Waals surface area (Å²) < 4.78 is 56.1. The molecule has 2 rings (SSSR count). The lowest BCUT2D eigenvalue weighted by Crippen LogP contribution is -2.42. The average Bonchev–Trinajstić information content (AvgIpc) is 2.78. The molecule has 2 N–H and O–H groups in total. The first kappa shape index (κ1) is 28.7. The number of aliphatic hydroxyl groups is 2. The largest absolute Gasteiger partial charge is 0.448 e. The molecule has 34 heavy (non-hydrogen) atoms. The third-order valence-corrected chi connectivity index (χ3v) is 7.97. The van der Waals surface area contributed by atoms with Crippen molar-refractivity contribution in [1.82, 2.24) is 3.71 Å². The van der Waals surface area contributed by atoms with Crippen molar-refractivity contribution in [3.05, 3.63) is 59.7 Å². The Morgan fingerprint density at radius 1 is 0.794 bits per heavy atom. The van der Waals surface area contributed by atoms with E-state index in [9.17, 15) is 21.6 Å². The van der Waals surface area contributed by atoms with Gasteiger partial charge in [0.15, 0.2) is 0 Å². The van der Waals surface area contributed by atoms with Gasteiger partial charge in [-0.25, -0.2) is 4.79 Å². The number of carbonyl (C=O) groups excluding carboxylic acids is 1. The topological polar surface area (TPSA) is 138 Å². The third-order valence-electron chi connectivity index (χ3n) is 3.89. The van der Waals surface area contributed by atoms with E-state index in [0.29, 0.717) is 0 Å². The zero-order valence-corrected chi connectivity index (χ0v) is 20.5. The summed E-state index contributed by atoms with van der Waals surface area (Å²) in [5, 5.41) is 16.1. The van der Waals surface area contributed by atoms with Gasteiger partial charge < -0.3 is 14.9 Å². The highest BCUT2D eigenvalue weighted by Gasteiger charge is 2.42. The maximum atomic E-state index is 12.9. The van der Waals surface area contributed by atoms with Gasteiger partial charge >= 0.3 is 6.09 Å². The number of rotatable bonds is 5. The molecule has 0 aliphatic heterocycles. The summed E-state index contributed by atoms with van der Waals surface area (Å²) in [5.74, 6) is 9.24. The predicted molar refractivity (Wildman–Crippen MR) is 125 cm³/mol. The van der Waals surface area contributed by atoms with Gasteiger partial charge in [0, 0.05) is 0 Å². The number of benzene rings is 2. The molecular weight excluding hydrogens is 482 g/mol. The highest BCUT2D eigenvalue weighted by atomic mass is 32.3. The Kier molecular flexibility index (Phi) is 11.3. The van der Waals surface area contributed by atoms with E-state index in [1.165, 1.54) is 55.5 Å². The number of hydrogen-bond donors (Lipinski definition) is 2. The average molecular weight is 508 g/mol. The lowest BCUT2D eigenvalue weighted by Gasteiger charge is -2.21. The maximum absolute atomic E-state index is 12.9. The van der Waals surface area contributed by atoms with Crippen LogP contribution in [-0.2, 0) is 24.8 Å². The van der Waals surface area contributed by atoms with E-state index in [-0.39, 0.29) is 33.3 Å². The molecule has 9 nitrogen and oxygen atoms in total. The molecule has 2 aromatic rings. The van der Waals surface area contributed by atoms with E-state index in [2.05, 4.69) is 23.7 Å². The van der Waals surface area contributed by atoms with Crippen LogP contribution in [0, 0.1) is 37.5 Å². The number of aliphatic hydroxyl groups excluding tert-OH is 2. The molecule has 1 amide bonds. The summed E-state index contributed by atoms with van der Waals surface area (Å²) in [6, 6.07) is 11.0. The first-order valence-electron chi connectivity index (χ1n) is 9.80. The van der Waals surface area contributed by atoms with Crippen LogP contribution in [0.3, 0.4) is 0 Å². The van der Waals surface area contributed by atoms with E-state index < -0.39 is 26.1 Å². The first-order valence-corrected chi connectivity index (χ1v) is 12.7. The predicted octanol–water partition coefficient (Wildman–Crippen LogP) is 1.82. The van der Waals surface area contributed by atoms with Crippen molar-refractivity contribution in [3.63, 3.8) is 0 Å². The van der Waals surface area contributed by atoms with Crippen LogP contribution in [0.1, 0.15) is 18.1 Å². The van der Waals surface area contributed by atoms with Crippen molar-refractivity contribution in [2.75, 3.05) is 19.8 Å². The number of nitrogens with zero attached hydrogens (tertiary/aromatic N) is 1. The second kappa shape index (κ2) is 13.4. The molecule has 0 aliphatic carbocycles. The normalized spacial score (nSPS) is 10.4. The third kappa shape index (κ3) is 7.90. The summed E-state index contributed by atoms with van der Waals surface area (Å²) in [6.45, 7) is 4.42. The first-order chi connectivity index (χ1) is 16.0. The Labute approximate surface area is 200 Å². The van der Waals surface area contributed by atoms with Gasteiger partial charge in [0.25, 0.3) is 20.0 Å². The smallest absolute Gasteiger partial charge is 0.438 e. The van der Waals surface area contributed by atoms with Crippen molar-refractivity contribution in [3.8, 4) is 23.7 Å².